The van der Waals surface area contributed by atoms with Crippen molar-refractivity contribution in [2.75, 3.05) is 11.9 Å². The first-order valence-electron chi connectivity index (χ1n) is 7.77. The summed E-state index contributed by atoms with van der Waals surface area (Å²) in [5.41, 5.74) is 5.52. The lowest BCUT2D eigenvalue weighted by atomic mass is 10.1. The molecule has 0 spiro atoms. The Bertz CT molecular complexity index is 915. The molecule has 0 aliphatic heterocycles. The van der Waals surface area contributed by atoms with Crippen LogP contribution in [0.2, 0.25) is 5.28 Å². The highest BCUT2D eigenvalue weighted by Crippen LogP contribution is 2.34. The van der Waals surface area contributed by atoms with Crippen LogP contribution in [0, 0.1) is 6.92 Å². The van der Waals surface area contributed by atoms with Gasteiger partial charge in [0.1, 0.15) is 5.82 Å². The van der Waals surface area contributed by atoms with Crippen molar-refractivity contribution < 1.29 is 0 Å². The van der Waals surface area contributed by atoms with Crippen molar-refractivity contribution in [3.05, 3.63) is 40.4 Å². The van der Waals surface area contributed by atoms with Crippen LogP contribution in [0.25, 0.3) is 10.9 Å². The van der Waals surface area contributed by atoms with E-state index in [4.69, 9.17) is 11.6 Å². The molecule has 23 heavy (non-hydrogen) atoms. The number of hydrogen-bond donors (Lipinski definition) is 0. The van der Waals surface area contributed by atoms with Crippen molar-refractivity contribution in [3.63, 3.8) is 0 Å². The summed E-state index contributed by atoms with van der Waals surface area (Å²) < 4.78 is 1.91. The van der Waals surface area contributed by atoms with Crippen LogP contribution >= 0.6 is 11.6 Å². The average molecular weight is 328 g/mol. The van der Waals surface area contributed by atoms with E-state index >= 15 is 0 Å². The maximum absolute atomic E-state index is 6.11. The van der Waals surface area contributed by atoms with Crippen molar-refractivity contribution in [3.8, 4) is 0 Å². The maximum Gasteiger partial charge on any atom is 0.224 e. The van der Waals surface area contributed by atoms with E-state index in [0.29, 0.717) is 5.28 Å². The minimum absolute atomic E-state index is 0.322. The molecule has 0 amide bonds. The topological polar surface area (TPSA) is 46.8 Å². The number of aromatic nitrogens is 4. The Morgan fingerprint density at radius 3 is 2.87 bits per heavy atom. The molecule has 3 aromatic rings. The lowest BCUT2D eigenvalue weighted by Crippen LogP contribution is -2.14. The molecule has 2 aromatic heterocycles. The molecule has 4 rings (SSSR count). The van der Waals surface area contributed by atoms with E-state index in [1.54, 1.807) is 0 Å². The summed E-state index contributed by atoms with van der Waals surface area (Å²) >= 11 is 6.11. The molecule has 0 atom stereocenters. The van der Waals surface area contributed by atoms with Gasteiger partial charge in [0.25, 0.3) is 0 Å². The van der Waals surface area contributed by atoms with Gasteiger partial charge in [-0.1, -0.05) is 0 Å². The molecule has 6 heteroatoms. The van der Waals surface area contributed by atoms with E-state index in [2.05, 4.69) is 45.1 Å². The maximum atomic E-state index is 6.11. The molecule has 5 nitrogen and oxygen atoms in total. The van der Waals surface area contributed by atoms with E-state index in [1.165, 1.54) is 16.6 Å². The summed E-state index contributed by atoms with van der Waals surface area (Å²) in [6, 6.07) is 6.32. The number of anilines is 2. The van der Waals surface area contributed by atoms with Crippen LogP contribution in [0.15, 0.2) is 18.2 Å². The predicted molar refractivity (Wildman–Crippen MR) is 92.6 cm³/mol. The molecule has 0 bridgehead atoms. The largest absolute Gasteiger partial charge is 0.329 e. The number of aryl methyl sites for hydroxylation is 3. The van der Waals surface area contributed by atoms with Crippen LogP contribution in [-0.4, -0.2) is 26.8 Å². The number of nitrogens with zero attached hydrogens (tertiary/aromatic N) is 5. The lowest BCUT2D eigenvalue weighted by Gasteiger charge is -2.21. The lowest BCUT2D eigenvalue weighted by molar-refractivity contribution is 0.751. The molecule has 0 unspecified atom stereocenters. The number of halogens is 1. The highest BCUT2D eigenvalue weighted by atomic mass is 35.5. The molecule has 0 saturated carbocycles. The first-order valence-corrected chi connectivity index (χ1v) is 8.15. The van der Waals surface area contributed by atoms with Gasteiger partial charge >= 0.3 is 0 Å². The summed E-state index contributed by atoms with van der Waals surface area (Å²) in [6.45, 7) is 2.08. The molecule has 2 heterocycles. The van der Waals surface area contributed by atoms with Gasteiger partial charge in [-0.2, -0.15) is 10.1 Å². The first kappa shape index (κ1) is 14.5. The van der Waals surface area contributed by atoms with E-state index in [0.717, 1.165) is 42.0 Å². The van der Waals surface area contributed by atoms with E-state index < -0.39 is 0 Å². The Morgan fingerprint density at radius 2 is 2.04 bits per heavy atom. The highest BCUT2D eigenvalue weighted by Gasteiger charge is 2.22. The van der Waals surface area contributed by atoms with Gasteiger partial charge in [0.15, 0.2) is 0 Å². The fraction of sp³-hybridized carbons (Fsp3) is 0.353. The first-order chi connectivity index (χ1) is 11.0. The molecule has 1 aliphatic carbocycles. The fourth-order valence-electron chi connectivity index (χ4n) is 3.31. The van der Waals surface area contributed by atoms with Crippen LogP contribution in [-0.2, 0) is 19.9 Å². The van der Waals surface area contributed by atoms with Crippen molar-refractivity contribution in [2.24, 2.45) is 7.05 Å². The summed E-state index contributed by atoms with van der Waals surface area (Å²) in [5, 5.41) is 6.07. The summed E-state index contributed by atoms with van der Waals surface area (Å²) in [4.78, 5) is 10.9. The molecular formula is C17H18ClN5. The van der Waals surface area contributed by atoms with Gasteiger partial charge in [0.2, 0.25) is 5.28 Å². The van der Waals surface area contributed by atoms with E-state index in [-0.39, 0.29) is 0 Å². The third kappa shape index (κ3) is 2.27. The molecule has 0 saturated heterocycles. The van der Waals surface area contributed by atoms with Crippen molar-refractivity contribution in [2.45, 2.75) is 26.2 Å². The average Bonchev–Trinajstić information content (AvgIpc) is 3.10. The minimum atomic E-state index is 0.322. The van der Waals surface area contributed by atoms with Gasteiger partial charge in [-0.15, -0.1) is 0 Å². The van der Waals surface area contributed by atoms with Crippen molar-refractivity contribution >= 4 is 34.0 Å². The molecule has 1 aliphatic rings. The fourth-order valence-corrected chi connectivity index (χ4v) is 3.49. The highest BCUT2D eigenvalue weighted by molar-refractivity contribution is 6.28. The zero-order valence-corrected chi connectivity index (χ0v) is 14.2. The van der Waals surface area contributed by atoms with Crippen molar-refractivity contribution in [1.82, 2.24) is 19.7 Å². The smallest absolute Gasteiger partial charge is 0.224 e. The monoisotopic (exact) mass is 327 g/mol. The van der Waals surface area contributed by atoms with E-state index in [1.807, 2.05) is 18.8 Å². The van der Waals surface area contributed by atoms with E-state index in [9.17, 15) is 0 Å². The Morgan fingerprint density at radius 1 is 1.22 bits per heavy atom. The minimum Gasteiger partial charge on any atom is -0.329 e. The van der Waals surface area contributed by atoms with Crippen molar-refractivity contribution in [1.29, 1.82) is 0 Å². The van der Waals surface area contributed by atoms with Crippen LogP contribution in [0.3, 0.4) is 0 Å². The SMILES string of the molecule is Cc1c2ccc(N(C)c3nc(Cl)nc4c3CCC4)cc2nn1C. The second kappa shape index (κ2) is 5.20. The second-order valence-corrected chi connectivity index (χ2v) is 6.40. The third-order valence-electron chi connectivity index (χ3n) is 4.70. The quantitative estimate of drug-likeness (QED) is 0.675. The molecule has 118 valence electrons. The van der Waals surface area contributed by atoms with Crippen LogP contribution in [0.1, 0.15) is 23.4 Å². The zero-order chi connectivity index (χ0) is 16.1. The van der Waals surface area contributed by atoms with Gasteiger partial charge in [0.05, 0.1) is 11.2 Å². The molecular weight excluding hydrogens is 310 g/mol. The van der Waals surface area contributed by atoms with Gasteiger partial charge in [-0.3, -0.25) is 4.68 Å². The standard InChI is InChI=1S/C17H18ClN5/c1-10-12-8-7-11(9-15(12)21-23(10)3)22(2)16-13-5-4-6-14(13)19-17(18)20-16/h7-9H,4-6H2,1-3H3. The summed E-state index contributed by atoms with van der Waals surface area (Å²) in [6.07, 6.45) is 3.11. The number of benzene rings is 1. The number of rotatable bonds is 2. The number of fused-ring (bicyclic) bond motifs is 2. The van der Waals surface area contributed by atoms with Crippen LogP contribution < -0.4 is 4.90 Å². The Hall–Kier alpha value is -2.14. The molecule has 0 N–H and O–H groups in total. The van der Waals surface area contributed by atoms with Gasteiger partial charge in [-0.05, 0) is 56.0 Å². The molecule has 0 fully saturated rings. The van der Waals surface area contributed by atoms with Gasteiger partial charge < -0.3 is 4.90 Å². The predicted octanol–water partition coefficient (Wildman–Crippen LogP) is 3.58. The summed E-state index contributed by atoms with van der Waals surface area (Å²) in [7, 11) is 3.99. The Labute approximate surface area is 139 Å². The Balaban J connectivity index is 1.82. The van der Waals surface area contributed by atoms with Crippen LogP contribution in [0.4, 0.5) is 11.5 Å². The normalized spacial score (nSPS) is 13.6. The van der Waals surface area contributed by atoms with Gasteiger partial charge in [-0.25, -0.2) is 4.98 Å². The number of hydrogen-bond acceptors (Lipinski definition) is 4. The summed E-state index contributed by atoms with van der Waals surface area (Å²) in [5.74, 6) is 0.907. The second-order valence-electron chi connectivity index (χ2n) is 6.06. The van der Waals surface area contributed by atoms with Crippen LogP contribution in [0.5, 0.6) is 0 Å². The Kier molecular flexibility index (Phi) is 3.27. The molecule has 0 radical (unpaired) electrons. The zero-order valence-electron chi connectivity index (χ0n) is 13.5. The molecule has 1 aromatic carbocycles. The van der Waals surface area contributed by atoms with Gasteiger partial charge in [0, 0.05) is 36.4 Å². The third-order valence-corrected chi connectivity index (χ3v) is 4.87.